The Labute approximate surface area is 137 Å². The lowest BCUT2D eigenvalue weighted by Crippen LogP contribution is -2.33. The van der Waals surface area contributed by atoms with Gasteiger partial charge in [-0.25, -0.2) is 0 Å². The van der Waals surface area contributed by atoms with Crippen molar-refractivity contribution in [1.29, 1.82) is 0 Å². The second kappa shape index (κ2) is 8.22. The van der Waals surface area contributed by atoms with Gasteiger partial charge in [0.15, 0.2) is 0 Å². The summed E-state index contributed by atoms with van der Waals surface area (Å²) in [5.41, 5.74) is 4.46. The quantitative estimate of drug-likeness (QED) is 0.772. The smallest absolute Gasteiger partial charge is 0.239 e. The van der Waals surface area contributed by atoms with Crippen LogP contribution in [0.15, 0.2) is 42.5 Å². The van der Waals surface area contributed by atoms with Crippen LogP contribution in [-0.4, -0.2) is 25.6 Å². The van der Waals surface area contributed by atoms with Gasteiger partial charge in [-0.2, -0.15) is 0 Å². The lowest BCUT2D eigenvalue weighted by molar-refractivity contribution is -0.119. The Morgan fingerprint density at radius 3 is 2.61 bits per heavy atom. The van der Waals surface area contributed by atoms with Gasteiger partial charge >= 0.3 is 0 Å². The van der Waals surface area contributed by atoms with Gasteiger partial charge in [0, 0.05) is 5.69 Å². The highest BCUT2D eigenvalue weighted by Gasteiger charge is 2.03. The molecule has 0 heterocycles. The topological polar surface area (TPSA) is 50.4 Å². The number of carbonyl (C=O) groups excluding carboxylic acids is 1. The van der Waals surface area contributed by atoms with E-state index in [1.165, 1.54) is 5.56 Å². The molecule has 2 N–H and O–H groups in total. The molecule has 0 atom stereocenters. The van der Waals surface area contributed by atoms with Crippen molar-refractivity contribution >= 4 is 11.6 Å². The van der Waals surface area contributed by atoms with E-state index in [1.54, 1.807) is 0 Å². The van der Waals surface area contributed by atoms with Gasteiger partial charge in [-0.05, 0) is 55.7 Å². The van der Waals surface area contributed by atoms with Crippen LogP contribution in [0.5, 0.6) is 5.75 Å². The molecule has 0 spiro atoms. The maximum absolute atomic E-state index is 11.8. The molecule has 1 amide bonds. The summed E-state index contributed by atoms with van der Waals surface area (Å²) in [5.74, 6) is 0.784. The van der Waals surface area contributed by atoms with Crippen molar-refractivity contribution in [3.63, 3.8) is 0 Å². The first kappa shape index (κ1) is 16.9. The molecule has 0 aliphatic rings. The highest BCUT2D eigenvalue weighted by molar-refractivity contribution is 5.80. The van der Waals surface area contributed by atoms with Crippen LogP contribution in [0.3, 0.4) is 0 Å². The highest BCUT2D eigenvalue weighted by Crippen LogP contribution is 2.15. The fourth-order valence-corrected chi connectivity index (χ4v) is 2.23. The van der Waals surface area contributed by atoms with Gasteiger partial charge in [-0.1, -0.05) is 24.3 Å². The fourth-order valence-electron chi connectivity index (χ4n) is 2.23. The SMILES string of the molecule is Cc1cccc(OCCNC(=O)CNc2cc(C)ccc2C)c1. The third-order valence-corrected chi connectivity index (χ3v) is 3.51. The zero-order valence-electron chi connectivity index (χ0n) is 14.0. The summed E-state index contributed by atoms with van der Waals surface area (Å²) < 4.78 is 5.60. The summed E-state index contributed by atoms with van der Waals surface area (Å²) in [6, 6.07) is 14.0. The van der Waals surface area contributed by atoms with Gasteiger partial charge in [0.25, 0.3) is 0 Å². The summed E-state index contributed by atoms with van der Waals surface area (Å²) in [5, 5.41) is 6.01. The lowest BCUT2D eigenvalue weighted by Gasteiger charge is -2.11. The Morgan fingerprint density at radius 2 is 1.83 bits per heavy atom. The van der Waals surface area contributed by atoms with Crippen LogP contribution in [0.1, 0.15) is 16.7 Å². The van der Waals surface area contributed by atoms with E-state index in [9.17, 15) is 4.79 Å². The summed E-state index contributed by atoms with van der Waals surface area (Å²) in [6.07, 6.45) is 0. The summed E-state index contributed by atoms with van der Waals surface area (Å²) >= 11 is 0. The van der Waals surface area contributed by atoms with Crippen molar-refractivity contribution in [3.05, 3.63) is 59.2 Å². The Bertz CT molecular complexity index is 668. The second-order valence-corrected chi connectivity index (χ2v) is 5.69. The zero-order valence-corrected chi connectivity index (χ0v) is 14.0. The van der Waals surface area contributed by atoms with Gasteiger partial charge in [0.1, 0.15) is 12.4 Å². The summed E-state index contributed by atoms with van der Waals surface area (Å²) in [4.78, 5) is 11.8. The molecule has 0 aliphatic heterocycles. The Balaban J connectivity index is 1.68. The van der Waals surface area contributed by atoms with Crippen molar-refractivity contribution in [2.24, 2.45) is 0 Å². The number of ether oxygens (including phenoxy) is 1. The molecule has 0 bridgehead atoms. The Hall–Kier alpha value is -2.49. The van der Waals surface area contributed by atoms with Crippen molar-refractivity contribution in [2.45, 2.75) is 20.8 Å². The van der Waals surface area contributed by atoms with E-state index in [-0.39, 0.29) is 12.5 Å². The van der Waals surface area contributed by atoms with E-state index >= 15 is 0 Å². The number of carbonyl (C=O) groups is 1. The molecule has 4 heteroatoms. The molecular weight excluding hydrogens is 288 g/mol. The highest BCUT2D eigenvalue weighted by atomic mass is 16.5. The van der Waals surface area contributed by atoms with E-state index < -0.39 is 0 Å². The van der Waals surface area contributed by atoms with Gasteiger partial charge in [0.05, 0.1) is 13.1 Å². The number of hydrogen-bond donors (Lipinski definition) is 2. The van der Waals surface area contributed by atoms with Gasteiger partial charge in [-0.3, -0.25) is 4.79 Å². The fraction of sp³-hybridized carbons (Fsp3) is 0.316. The largest absolute Gasteiger partial charge is 0.492 e. The van der Waals surface area contributed by atoms with Gasteiger partial charge in [-0.15, -0.1) is 0 Å². The van der Waals surface area contributed by atoms with Crippen molar-refractivity contribution < 1.29 is 9.53 Å². The predicted octanol–water partition coefficient (Wildman–Crippen LogP) is 3.22. The molecule has 2 aromatic rings. The van der Waals surface area contributed by atoms with Crippen LogP contribution >= 0.6 is 0 Å². The minimum Gasteiger partial charge on any atom is -0.492 e. The van der Waals surface area contributed by atoms with E-state index in [0.717, 1.165) is 22.6 Å². The first-order valence-corrected chi connectivity index (χ1v) is 7.82. The van der Waals surface area contributed by atoms with Crippen molar-refractivity contribution in [1.82, 2.24) is 5.32 Å². The van der Waals surface area contributed by atoms with Crippen LogP contribution in [0, 0.1) is 20.8 Å². The lowest BCUT2D eigenvalue weighted by atomic mass is 10.1. The van der Waals surface area contributed by atoms with Crippen LogP contribution < -0.4 is 15.4 Å². The normalized spacial score (nSPS) is 10.2. The number of benzene rings is 2. The second-order valence-electron chi connectivity index (χ2n) is 5.69. The van der Waals surface area contributed by atoms with Crippen LogP contribution in [-0.2, 0) is 4.79 Å². The van der Waals surface area contributed by atoms with Gasteiger partial charge in [0.2, 0.25) is 5.91 Å². The van der Waals surface area contributed by atoms with Crippen molar-refractivity contribution in [2.75, 3.05) is 25.0 Å². The first-order chi connectivity index (χ1) is 11.0. The zero-order chi connectivity index (χ0) is 16.7. The van der Waals surface area contributed by atoms with Crippen LogP contribution in [0.4, 0.5) is 5.69 Å². The maximum atomic E-state index is 11.8. The van der Waals surface area contributed by atoms with Gasteiger partial charge < -0.3 is 15.4 Å². The number of aryl methyl sites for hydroxylation is 3. The maximum Gasteiger partial charge on any atom is 0.239 e. The Kier molecular flexibility index (Phi) is 6.03. The molecule has 2 aromatic carbocycles. The molecule has 0 aliphatic carbocycles. The molecule has 23 heavy (non-hydrogen) atoms. The van der Waals surface area contributed by atoms with E-state index in [2.05, 4.69) is 16.7 Å². The summed E-state index contributed by atoms with van der Waals surface area (Å²) in [7, 11) is 0. The number of rotatable bonds is 7. The standard InChI is InChI=1S/C19H24N2O2/c1-14-5-4-6-17(11-14)23-10-9-20-19(22)13-21-18-12-15(2)7-8-16(18)3/h4-8,11-12,21H,9-10,13H2,1-3H3,(H,20,22). The van der Waals surface area contributed by atoms with Crippen molar-refractivity contribution in [3.8, 4) is 5.75 Å². The van der Waals surface area contributed by atoms with E-state index in [4.69, 9.17) is 4.74 Å². The average molecular weight is 312 g/mol. The molecule has 0 saturated carbocycles. The molecule has 0 aromatic heterocycles. The first-order valence-electron chi connectivity index (χ1n) is 7.82. The number of anilines is 1. The Morgan fingerprint density at radius 1 is 1.04 bits per heavy atom. The number of hydrogen-bond acceptors (Lipinski definition) is 3. The van der Waals surface area contributed by atoms with E-state index in [0.29, 0.717) is 13.2 Å². The molecule has 2 rings (SSSR count). The molecular formula is C19H24N2O2. The minimum absolute atomic E-state index is 0.0428. The molecule has 0 fully saturated rings. The van der Waals surface area contributed by atoms with Crippen LogP contribution in [0.2, 0.25) is 0 Å². The average Bonchev–Trinajstić information content (AvgIpc) is 2.52. The minimum atomic E-state index is -0.0428. The summed E-state index contributed by atoms with van der Waals surface area (Å²) in [6.45, 7) is 7.28. The number of nitrogens with one attached hydrogen (secondary N) is 2. The molecule has 0 unspecified atom stereocenters. The monoisotopic (exact) mass is 312 g/mol. The third-order valence-electron chi connectivity index (χ3n) is 3.51. The molecule has 0 saturated heterocycles. The predicted molar refractivity (Wildman–Crippen MR) is 94.1 cm³/mol. The molecule has 4 nitrogen and oxygen atoms in total. The molecule has 122 valence electrons. The number of amides is 1. The third kappa shape index (κ3) is 5.66. The van der Waals surface area contributed by atoms with Crippen LogP contribution in [0.25, 0.3) is 0 Å². The van der Waals surface area contributed by atoms with E-state index in [1.807, 2.05) is 57.2 Å². The molecule has 0 radical (unpaired) electrons.